The molecule has 1 amide bonds. The van der Waals surface area contributed by atoms with Crippen molar-refractivity contribution in [3.05, 3.63) is 24.3 Å². The minimum Gasteiger partial charge on any atom is -0.466 e. The Hall–Kier alpha value is -1.66. The van der Waals surface area contributed by atoms with Crippen molar-refractivity contribution in [3.63, 3.8) is 0 Å². The van der Waals surface area contributed by atoms with E-state index in [2.05, 4.69) is 31.3 Å². The van der Waals surface area contributed by atoms with Crippen molar-refractivity contribution in [3.8, 4) is 0 Å². The lowest BCUT2D eigenvalue weighted by Gasteiger charge is -2.20. The maximum absolute atomic E-state index is 12.6. The molecule has 86 heavy (non-hydrogen) atoms. The molecule has 2 unspecified atom stereocenters. The Morgan fingerprint density at radius 2 is 0.547 bits per heavy atom. The Kier molecular flexibility index (Phi) is 74.3. The van der Waals surface area contributed by atoms with Crippen LogP contribution in [0, 0.1) is 0 Å². The molecule has 0 aromatic rings. The molecular weight excluding hydrogens is 1050 g/mol. The van der Waals surface area contributed by atoms with Gasteiger partial charge in [-0.3, -0.25) is 9.59 Å². The largest absolute Gasteiger partial charge is 0.466 e. The highest BCUT2D eigenvalue weighted by molar-refractivity contribution is 5.76. The fourth-order valence-corrected chi connectivity index (χ4v) is 12.7. The lowest BCUT2D eigenvalue weighted by Crippen LogP contribution is -2.45. The maximum Gasteiger partial charge on any atom is 0.305 e. The standard InChI is InChI=1S/C80H155NO5/c1-3-5-7-9-11-13-15-17-18-19-20-21-22-33-36-39-42-45-49-52-56-60-64-68-72-78(83)77(76-82)81-79(84)73-69-65-61-57-53-50-46-43-40-37-34-31-29-27-25-23-24-26-28-30-32-35-38-41-44-47-51-55-59-63-67-71-75-86-80(85)74-70-66-62-58-54-48-16-14-12-10-8-6-4-2/h26,28,68,72,77-78,82-83H,3-25,27,29-67,69-71,73-76H2,1-2H3,(H,81,84)/b28-26-,72-68+. The van der Waals surface area contributed by atoms with E-state index in [1.807, 2.05) is 6.08 Å². The van der Waals surface area contributed by atoms with Crippen LogP contribution < -0.4 is 5.32 Å². The first-order chi connectivity index (χ1) is 42.5. The van der Waals surface area contributed by atoms with Gasteiger partial charge in [0.2, 0.25) is 5.91 Å². The number of allylic oxidation sites excluding steroid dienone is 3. The van der Waals surface area contributed by atoms with Gasteiger partial charge in [-0.2, -0.15) is 0 Å². The quantitative estimate of drug-likeness (QED) is 0.0320. The van der Waals surface area contributed by atoms with Gasteiger partial charge in [-0.25, -0.2) is 0 Å². The fraction of sp³-hybridized carbons (Fsp3) is 0.925. The number of aliphatic hydroxyl groups is 2. The van der Waals surface area contributed by atoms with Crippen LogP contribution in [-0.2, 0) is 14.3 Å². The van der Waals surface area contributed by atoms with Gasteiger partial charge in [-0.1, -0.05) is 404 Å². The minimum absolute atomic E-state index is 0.0204. The van der Waals surface area contributed by atoms with E-state index in [9.17, 15) is 19.8 Å². The van der Waals surface area contributed by atoms with Crippen LogP contribution in [0.1, 0.15) is 450 Å². The van der Waals surface area contributed by atoms with Crippen molar-refractivity contribution in [2.24, 2.45) is 0 Å². The molecule has 0 aliphatic rings. The zero-order valence-corrected chi connectivity index (χ0v) is 58.6. The highest BCUT2D eigenvalue weighted by atomic mass is 16.5. The van der Waals surface area contributed by atoms with Gasteiger partial charge < -0.3 is 20.3 Å². The van der Waals surface area contributed by atoms with Crippen LogP contribution in [0.25, 0.3) is 0 Å². The van der Waals surface area contributed by atoms with Crippen molar-refractivity contribution in [1.82, 2.24) is 5.32 Å². The summed E-state index contributed by atoms with van der Waals surface area (Å²) in [6.45, 7) is 4.96. The molecule has 510 valence electrons. The second kappa shape index (κ2) is 75.8. The zero-order valence-electron chi connectivity index (χ0n) is 58.6. The molecule has 3 N–H and O–H groups in total. The summed E-state index contributed by atoms with van der Waals surface area (Å²) in [6.07, 6.45) is 97.3. The molecule has 0 fully saturated rings. The molecule has 0 aromatic carbocycles. The summed E-state index contributed by atoms with van der Waals surface area (Å²) in [4.78, 5) is 24.6. The first-order valence-electron chi connectivity index (χ1n) is 39.6. The van der Waals surface area contributed by atoms with E-state index in [1.165, 1.54) is 385 Å². The van der Waals surface area contributed by atoms with E-state index in [4.69, 9.17) is 4.74 Å². The van der Waals surface area contributed by atoms with E-state index in [0.717, 1.165) is 38.5 Å². The first kappa shape index (κ1) is 84.3. The number of ether oxygens (including phenoxy) is 1. The van der Waals surface area contributed by atoms with Crippen molar-refractivity contribution in [1.29, 1.82) is 0 Å². The second-order valence-corrected chi connectivity index (χ2v) is 27.4. The summed E-state index contributed by atoms with van der Waals surface area (Å²) >= 11 is 0. The summed E-state index contributed by atoms with van der Waals surface area (Å²) in [5.41, 5.74) is 0. The molecule has 6 heteroatoms. The predicted molar refractivity (Wildman–Crippen MR) is 380 cm³/mol. The van der Waals surface area contributed by atoms with E-state index in [1.54, 1.807) is 6.08 Å². The Labute approximate surface area is 539 Å². The maximum atomic E-state index is 12.6. The number of carbonyl (C=O) groups is 2. The number of rotatable bonds is 75. The monoisotopic (exact) mass is 1210 g/mol. The third-order valence-corrected chi connectivity index (χ3v) is 18.7. The van der Waals surface area contributed by atoms with Crippen LogP contribution in [0.3, 0.4) is 0 Å². The highest BCUT2D eigenvalue weighted by Crippen LogP contribution is 2.20. The Balaban J connectivity index is 3.38. The molecule has 0 saturated carbocycles. The molecule has 0 aliphatic heterocycles. The predicted octanol–water partition coefficient (Wildman–Crippen LogP) is 26.0. The molecule has 0 saturated heterocycles. The van der Waals surface area contributed by atoms with Gasteiger partial charge in [0.1, 0.15) is 0 Å². The van der Waals surface area contributed by atoms with Crippen LogP contribution in [0.4, 0.5) is 0 Å². The number of esters is 1. The van der Waals surface area contributed by atoms with Crippen LogP contribution >= 0.6 is 0 Å². The van der Waals surface area contributed by atoms with Crippen LogP contribution in [-0.4, -0.2) is 47.4 Å². The number of nitrogens with one attached hydrogen (secondary N) is 1. The van der Waals surface area contributed by atoms with Crippen LogP contribution in [0.2, 0.25) is 0 Å². The van der Waals surface area contributed by atoms with Gasteiger partial charge in [-0.05, 0) is 57.8 Å². The number of hydrogen-bond acceptors (Lipinski definition) is 5. The summed E-state index contributed by atoms with van der Waals surface area (Å²) in [6, 6.07) is -0.627. The van der Waals surface area contributed by atoms with Gasteiger partial charge in [0.05, 0.1) is 25.4 Å². The molecule has 0 aromatic heterocycles. The van der Waals surface area contributed by atoms with E-state index >= 15 is 0 Å². The smallest absolute Gasteiger partial charge is 0.305 e. The number of amides is 1. The van der Waals surface area contributed by atoms with Gasteiger partial charge in [0, 0.05) is 12.8 Å². The molecule has 0 radical (unpaired) electrons. The minimum atomic E-state index is -0.844. The Morgan fingerprint density at radius 1 is 0.314 bits per heavy atom. The molecule has 0 bridgehead atoms. The third-order valence-electron chi connectivity index (χ3n) is 18.7. The average Bonchev–Trinajstić information content (AvgIpc) is 3.55. The number of aliphatic hydroxyl groups excluding tert-OH is 2. The average molecular weight is 1210 g/mol. The third kappa shape index (κ3) is 71.4. The number of hydrogen-bond donors (Lipinski definition) is 3. The Morgan fingerprint density at radius 3 is 0.826 bits per heavy atom. The molecule has 0 aliphatic carbocycles. The SMILES string of the molecule is CCCCCCCCCCCCCCCCCCCCCCCC/C=C/C(O)C(CO)NC(=O)CCCCCCCCCCCCCCCCCC/C=C\CCCCCCCCCCCCCCOC(=O)CCCCCCCCCCCCCCC. The van der Waals surface area contributed by atoms with E-state index < -0.39 is 12.1 Å². The molecule has 6 nitrogen and oxygen atoms in total. The zero-order chi connectivity index (χ0) is 62.0. The molecule has 0 heterocycles. The summed E-state index contributed by atoms with van der Waals surface area (Å²) < 4.78 is 5.49. The molecule has 2 atom stereocenters. The van der Waals surface area contributed by atoms with Crippen LogP contribution in [0.15, 0.2) is 24.3 Å². The number of carbonyl (C=O) groups excluding carboxylic acids is 2. The summed E-state index contributed by atoms with van der Waals surface area (Å²) in [5, 5.41) is 23.3. The highest BCUT2D eigenvalue weighted by Gasteiger charge is 2.18. The lowest BCUT2D eigenvalue weighted by molar-refractivity contribution is -0.143. The fourth-order valence-electron chi connectivity index (χ4n) is 12.7. The molecule has 0 rings (SSSR count). The van der Waals surface area contributed by atoms with Gasteiger partial charge in [-0.15, -0.1) is 0 Å². The molecular formula is C80H155NO5. The van der Waals surface area contributed by atoms with Crippen molar-refractivity contribution >= 4 is 11.9 Å². The summed E-state index contributed by atoms with van der Waals surface area (Å²) in [7, 11) is 0. The summed E-state index contributed by atoms with van der Waals surface area (Å²) in [5.74, 6) is -0.0396. The molecule has 0 spiro atoms. The van der Waals surface area contributed by atoms with Crippen molar-refractivity contribution in [2.45, 2.75) is 463 Å². The van der Waals surface area contributed by atoms with Crippen molar-refractivity contribution < 1.29 is 24.5 Å². The Bertz CT molecular complexity index is 1350. The van der Waals surface area contributed by atoms with Gasteiger partial charge >= 0.3 is 5.97 Å². The van der Waals surface area contributed by atoms with E-state index in [0.29, 0.717) is 19.4 Å². The topological polar surface area (TPSA) is 95.9 Å². The normalized spacial score (nSPS) is 12.6. The first-order valence-corrected chi connectivity index (χ1v) is 39.6. The van der Waals surface area contributed by atoms with Gasteiger partial charge in [0.25, 0.3) is 0 Å². The second-order valence-electron chi connectivity index (χ2n) is 27.4. The number of unbranched alkanes of at least 4 members (excludes halogenated alkanes) is 62. The van der Waals surface area contributed by atoms with Crippen LogP contribution in [0.5, 0.6) is 0 Å². The van der Waals surface area contributed by atoms with E-state index in [-0.39, 0.29) is 18.5 Å². The van der Waals surface area contributed by atoms with Gasteiger partial charge in [0.15, 0.2) is 0 Å². The van der Waals surface area contributed by atoms with Crippen molar-refractivity contribution in [2.75, 3.05) is 13.2 Å². The lowest BCUT2D eigenvalue weighted by atomic mass is 10.0.